The molecule has 0 aliphatic heterocycles. The molecule has 21 heavy (non-hydrogen) atoms. The van der Waals surface area contributed by atoms with Gasteiger partial charge in [0.25, 0.3) is 0 Å². The second kappa shape index (κ2) is 5.85. The van der Waals surface area contributed by atoms with Crippen LogP contribution < -0.4 is 9.54 Å². The molecular formula is C16H18N2O2S. The molecule has 4 nitrogen and oxygen atoms in total. The Balaban J connectivity index is 2.05. The molecule has 1 aromatic carbocycles. The van der Waals surface area contributed by atoms with Gasteiger partial charge in [0.15, 0.2) is 4.80 Å². The van der Waals surface area contributed by atoms with Crippen molar-refractivity contribution in [2.75, 3.05) is 7.11 Å². The van der Waals surface area contributed by atoms with Gasteiger partial charge < -0.3 is 14.1 Å². The number of methoxy groups -OCH3 is 1. The lowest BCUT2D eigenvalue weighted by atomic mass is 10.0. The summed E-state index contributed by atoms with van der Waals surface area (Å²) in [6.45, 7) is 0. The summed E-state index contributed by atoms with van der Waals surface area (Å²) >= 11 is 1.51. The van der Waals surface area contributed by atoms with Crippen LogP contribution in [0.25, 0.3) is 0 Å². The van der Waals surface area contributed by atoms with Crippen molar-refractivity contribution < 1.29 is 9.53 Å². The first-order valence-electron chi connectivity index (χ1n) is 7.11. The smallest absolute Gasteiger partial charge is 0.183 e. The standard InChI is InChI=1S/C16H18N2O2S/c1-20-12-8-6-11(7-9-12)14(10-19)18-13-4-2-3-5-15(13)21-16(18)17/h6-10,14,17H,2-5H2,1H3. The average Bonchev–Trinajstić information content (AvgIpc) is 2.85. The number of benzene rings is 1. The first-order valence-corrected chi connectivity index (χ1v) is 7.93. The van der Waals surface area contributed by atoms with Crippen molar-refractivity contribution in [3.05, 3.63) is 45.2 Å². The maximum Gasteiger partial charge on any atom is 0.183 e. The summed E-state index contributed by atoms with van der Waals surface area (Å²) < 4.78 is 7.05. The van der Waals surface area contributed by atoms with E-state index in [9.17, 15) is 4.79 Å². The lowest BCUT2D eigenvalue weighted by Crippen LogP contribution is -2.25. The second-order valence-corrected chi connectivity index (χ2v) is 6.29. The molecule has 5 heteroatoms. The van der Waals surface area contributed by atoms with E-state index in [2.05, 4.69) is 0 Å². The van der Waals surface area contributed by atoms with Crippen molar-refractivity contribution in [2.24, 2.45) is 0 Å². The molecule has 0 fully saturated rings. The van der Waals surface area contributed by atoms with Gasteiger partial charge in [0, 0.05) is 10.6 Å². The number of fused-ring (bicyclic) bond motifs is 1. The van der Waals surface area contributed by atoms with Crippen LogP contribution in [0.15, 0.2) is 24.3 Å². The van der Waals surface area contributed by atoms with E-state index in [0.29, 0.717) is 4.80 Å². The number of hydrogen-bond donors (Lipinski definition) is 1. The molecule has 1 atom stereocenters. The molecule has 0 saturated carbocycles. The summed E-state index contributed by atoms with van der Waals surface area (Å²) in [5, 5.41) is 8.23. The molecule has 110 valence electrons. The lowest BCUT2D eigenvalue weighted by Gasteiger charge is -2.19. The van der Waals surface area contributed by atoms with Crippen molar-refractivity contribution in [1.82, 2.24) is 4.57 Å². The Kier molecular flexibility index (Phi) is 3.92. The fraction of sp³-hybridized carbons (Fsp3) is 0.375. The van der Waals surface area contributed by atoms with Gasteiger partial charge in [-0.3, -0.25) is 5.41 Å². The highest BCUT2D eigenvalue weighted by molar-refractivity contribution is 7.09. The molecule has 0 amide bonds. The van der Waals surface area contributed by atoms with Gasteiger partial charge in [0.1, 0.15) is 18.1 Å². The predicted molar refractivity (Wildman–Crippen MR) is 82.0 cm³/mol. The predicted octanol–water partition coefficient (Wildman–Crippen LogP) is 2.70. The molecular weight excluding hydrogens is 284 g/mol. The minimum Gasteiger partial charge on any atom is -0.497 e. The van der Waals surface area contributed by atoms with E-state index < -0.39 is 6.04 Å². The zero-order chi connectivity index (χ0) is 14.8. The Hall–Kier alpha value is -1.88. The van der Waals surface area contributed by atoms with Crippen LogP contribution in [-0.2, 0) is 17.6 Å². The minimum absolute atomic E-state index is 0.415. The lowest BCUT2D eigenvalue weighted by molar-refractivity contribution is -0.109. The Morgan fingerprint density at radius 2 is 2.00 bits per heavy atom. The molecule has 3 rings (SSSR count). The van der Waals surface area contributed by atoms with Gasteiger partial charge in [0.05, 0.1) is 7.11 Å². The Bertz CT molecular complexity index is 700. The van der Waals surface area contributed by atoms with Gasteiger partial charge in [0.2, 0.25) is 0 Å². The number of thiazole rings is 1. The number of rotatable bonds is 4. The molecule has 1 aliphatic carbocycles. The van der Waals surface area contributed by atoms with E-state index >= 15 is 0 Å². The quantitative estimate of drug-likeness (QED) is 0.883. The average molecular weight is 302 g/mol. The number of nitrogens with one attached hydrogen (secondary N) is 1. The third-order valence-electron chi connectivity index (χ3n) is 3.98. The number of aryl methyl sites for hydroxylation is 1. The van der Waals surface area contributed by atoms with Crippen LogP contribution >= 0.6 is 11.3 Å². The van der Waals surface area contributed by atoms with Gasteiger partial charge in [-0.15, -0.1) is 11.3 Å². The van der Waals surface area contributed by atoms with Gasteiger partial charge in [-0.2, -0.15) is 0 Å². The van der Waals surface area contributed by atoms with Gasteiger partial charge >= 0.3 is 0 Å². The van der Waals surface area contributed by atoms with Crippen LogP contribution in [0.4, 0.5) is 0 Å². The van der Waals surface area contributed by atoms with Gasteiger partial charge in [-0.05, 0) is 43.4 Å². The van der Waals surface area contributed by atoms with E-state index in [1.165, 1.54) is 28.3 Å². The highest BCUT2D eigenvalue weighted by Crippen LogP contribution is 2.28. The SMILES string of the molecule is COc1ccc(C(C=O)n2c3c(sc2=N)CCCC3)cc1. The highest BCUT2D eigenvalue weighted by atomic mass is 32.1. The topological polar surface area (TPSA) is 55.1 Å². The van der Waals surface area contributed by atoms with Crippen molar-refractivity contribution in [2.45, 2.75) is 31.7 Å². The number of hydrogen-bond acceptors (Lipinski definition) is 4. The molecule has 2 aromatic rings. The Morgan fingerprint density at radius 3 is 2.67 bits per heavy atom. The second-order valence-electron chi connectivity index (χ2n) is 5.21. The Labute approximate surface area is 127 Å². The van der Waals surface area contributed by atoms with Crippen molar-refractivity contribution in [1.29, 1.82) is 5.41 Å². The van der Waals surface area contributed by atoms with E-state index in [-0.39, 0.29) is 0 Å². The largest absolute Gasteiger partial charge is 0.497 e. The maximum absolute atomic E-state index is 11.7. The number of ether oxygens (including phenoxy) is 1. The summed E-state index contributed by atoms with van der Waals surface area (Å²) in [6.07, 6.45) is 5.25. The van der Waals surface area contributed by atoms with Crippen LogP contribution in [0.3, 0.4) is 0 Å². The number of aromatic nitrogens is 1. The van der Waals surface area contributed by atoms with Crippen LogP contribution in [0.2, 0.25) is 0 Å². The van der Waals surface area contributed by atoms with E-state index in [0.717, 1.165) is 36.9 Å². The first kappa shape index (κ1) is 14.1. The highest BCUT2D eigenvalue weighted by Gasteiger charge is 2.23. The number of aldehydes is 1. The molecule has 0 saturated heterocycles. The zero-order valence-electron chi connectivity index (χ0n) is 12.0. The zero-order valence-corrected chi connectivity index (χ0v) is 12.8. The monoisotopic (exact) mass is 302 g/mol. The van der Waals surface area contributed by atoms with Crippen LogP contribution in [0, 0.1) is 5.41 Å². The first-order chi connectivity index (χ1) is 10.2. The summed E-state index contributed by atoms with van der Waals surface area (Å²) in [7, 11) is 1.62. The van der Waals surface area contributed by atoms with Gasteiger partial charge in [-0.1, -0.05) is 12.1 Å². The molecule has 1 aliphatic rings. The van der Waals surface area contributed by atoms with Crippen LogP contribution in [0.1, 0.15) is 35.0 Å². The van der Waals surface area contributed by atoms with E-state index in [1.54, 1.807) is 7.11 Å². The minimum atomic E-state index is -0.415. The van der Waals surface area contributed by atoms with Crippen LogP contribution in [-0.4, -0.2) is 18.0 Å². The number of carbonyl (C=O) groups is 1. The third-order valence-corrected chi connectivity index (χ3v) is 5.06. The number of nitrogens with zero attached hydrogens (tertiary/aromatic N) is 1. The summed E-state index contributed by atoms with van der Waals surface area (Å²) in [5.74, 6) is 0.770. The van der Waals surface area contributed by atoms with E-state index in [1.807, 2.05) is 28.8 Å². The Morgan fingerprint density at radius 1 is 1.29 bits per heavy atom. The van der Waals surface area contributed by atoms with Crippen LogP contribution in [0.5, 0.6) is 5.75 Å². The molecule has 0 radical (unpaired) electrons. The molecule has 1 N–H and O–H groups in total. The fourth-order valence-electron chi connectivity index (χ4n) is 2.90. The van der Waals surface area contributed by atoms with Crippen molar-refractivity contribution in [3.8, 4) is 5.75 Å². The van der Waals surface area contributed by atoms with Gasteiger partial charge in [-0.25, -0.2) is 0 Å². The molecule has 1 aromatic heterocycles. The van der Waals surface area contributed by atoms with Crippen molar-refractivity contribution >= 4 is 17.6 Å². The summed E-state index contributed by atoms with van der Waals surface area (Å²) in [5.41, 5.74) is 2.07. The van der Waals surface area contributed by atoms with E-state index in [4.69, 9.17) is 10.1 Å². The summed E-state index contributed by atoms with van der Waals surface area (Å²) in [4.78, 5) is 13.4. The fourth-order valence-corrected chi connectivity index (χ4v) is 4.02. The summed E-state index contributed by atoms with van der Waals surface area (Å²) in [6, 6.07) is 7.10. The van der Waals surface area contributed by atoms with Crippen molar-refractivity contribution in [3.63, 3.8) is 0 Å². The molecule has 0 bridgehead atoms. The number of carbonyl (C=O) groups excluding carboxylic acids is 1. The third kappa shape index (κ3) is 2.53. The molecule has 1 unspecified atom stereocenters. The molecule has 0 spiro atoms. The molecule has 1 heterocycles. The normalized spacial score (nSPS) is 15.3. The maximum atomic E-state index is 11.7.